The number of amides is 2. The number of ether oxygens (including phenoxy) is 1. The summed E-state index contributed by atoms with van der Waals surface area (Å²) in [6.45, 7) is 8.88. The molecule has 0 N–H and O–H groups in total. The van der Waals surface area contributed by atoms with Crippen LogP contribution in [0.5, 0.6) is 5.75 Å². The molecule has 48 heavy (non-hydrogen) atoms. The highest BCUT2D eigenvalue weighted by molar-refractivity contribution is 7.87. The van der Waals surface area contributed by atoms with E-state index in [0.717, 1.165) is 5.69 Å². The molecule has 0 saturated carbocycles. The van der Waals surface area contributed by atoms with Gasteiger partial charge in [0.05, 0.1) is 0 Å². The summed E-state index contributed by atoms with van der Waals surface area (Å²) in [7, 11) is -2.60. The third kappa shape index (κ3) is 8.11. The SMILES string of the molecule is CC(=O)c1ccc(N2CCN(C(=O)[C@H](Cc3ccc(OS(=O)(=O)c4cccc5cnccc45)cc3)N(C)C(=O)OC(C)(C)C)CC2)cc1. The van der Waals surface area contributed by atoms with Crippen LogP contribution in [0.25, 0.3) is 10.8 Å². The van der Waals surface area contributed by atoms with Gasteiger partial charge < -0.3 is 18.7 Å². The van der Waals surface area contributed by atoms with Crippen LogP contribution >= 0.6 is 0 Å². The molecule has 2 amide bonds. The minimum Gasteiger partial charge on any atom is -0.444 e. The Morgan fingerprint density at radius 2 is 1.58 bits per heavy atom. The first-order valence-corrected chi connectivity index (χ1v) is 17.1. The predicted molar refractivity (Wildman–Crippen MR) is 183 cm³/mol. The lowest BCUT2D eigenvalue weighted by Gasteiger charge is -2.39. The maximum Gasteiger partial charge on any atom is 0.410 e. The van der Waals surface area contributed by atoms with Gasteiger partial charge in [0.25, 0.3) is 0 Å². The monoisotopic (exact) mass is 672 g/mol. The van der Waals surface area contributed by atoms with Crippen LogP contribution in [0.15, 0.2) is 90.1 Å². The second-order valence-corrected chi connectivity index (χ2v) is 14.3. The molecule has 1 aliphatic heterocycles. The molecule has 5 rings (SSSR count). The second-order valence-electron chi connectivity index (χ2n) is 12.8. The van der Waals surface area contributed by atoms with Crippen molar-refractivity contribution in [1.29, 1.82) is 0 Å². The van der Waals surface area contributed by atoms with Crippen molar-refractivity contribution in [2.45, 2.75) is 50.7 Å². The largest absolute Gasteiger partial charge is 0.444 e. The fourth-order valence-electron chi connectivity index (χ4n) is 5.54. The molecule has 1 fully saturated rings. The number of carbonyl (C=O) groups is 3. The molecular formula is C36H40N4O7S. The molecule has 0 bridgehead atoms. The van der Waals surface area contributed by atoms with E-state index in [9.17, 15) is 22.8 Å². The van der Waals surface area contributed by atoms with E-state index in [-0.39, 0.29) is 28.8 Å². The van der Waals surface area contributed by atoms with Crippen LogP contribution in [0.2, 0.25) is 0 Å². The highest BCUT2D eigenvalue weighted by Crippen LogP contribution is 2.27. The first kappa shape index (κ1) is 34.4. The van der Waals surface area contributed by atoms with Crippen molar-refractivity contribution in [1.82, 2.24) is 14.8 Å². The summed E-state index contributed by atoms with van der Waals surface area (Å²) in [6, 6.07) is 19.5. The van der Waals surface area contributed by atoms with Crippen LogP contribution in [0.1, 0.15) is 43.6 Å². The summed E-state index contributed by atoms with van der Waals surface area (Å²) < 4.78 is 37.5. The number of hydrogen-bond donors (Lipinski definition) is 0. The van der Waals surface area contributed by atoms with Gasteiger partial charge in [-0.3, -0.25) is 19.5 Å². The lowest BCUT2D eigenvalue weighted by atomic mass is 10.0. The van der Waals surface area contributed by atoms with E-state index in [1.165, 1.54) is 36.2 Å². The smallest absolute Gasteiger partial charge is 0.410 e. The maximum absolute atomic E-state index is 14.0. The van der Waals surface area contributed by atoms with Gasteiger partial charge in [-0.05, 0) is 81.8 Å². The Hall–Kier alpha value is -4.97. The minimum atomic E-state index is -4.15. The molecule has 1 aromatic heterocycles. The Kier molecular flexibility index (Phi) is 10.0. The zero-order chi connectivity index (χ0) is 34.6. The van der Waals surface area contributed by atoms with E-state index in [2.05, 4.69) is 9.88 Å². The van der Waals surface area contributed by atoms with E-state index in [0.29, 0.717) is 48.1 Å². The topological polar surface area (TPSA) is 126 Å². The molecule has 4 aromatic rings. The number of likely N-dealkylation sites (N-methyl/N-ethyl adjacent to an activating group) is 1. The molecular weight excluding hydrogens is 632 g/mol. The molecule has 11 nitrogen and oxygen atoms in total. The van der Waals surface area contributed by atoms with Crippen LogP contribution in [-0.2, 0) is 26.1 Å². The summed E-state index contributed by atoms with van der Waals surface area (Å²) in [5.74, 6) is -0.105. The molecule has 0 unspecified atom stereocenters. The molecule has 1 atom stereocenters. The molecule has 0 spiro atoms. The summed E-state index contributed by atoms with van der Waals surface area (Å²) in [5, 5.41) is 1.18. The number of hydrogen-bond acceptors (Lipinski definition) is 9. The Balaban J connectivity index is 1.30. The number of rotatable bonds is 9. The number of aromatic nitrogens is 1. The fraction of sp³-hybridized carbons (Fsp3) is 0.333. The highest BCUT2D eigenvalue weighted by Gasteiger charge is 2.34. The van der Waals surface area contributed by atoms with Gasteiger partial charge in [-0.1, -0.05) is 24.3 Å². The van der Waals surface area contributed by atoms with Crippen molar-refractivity contribution in [3.8, 4) is 5.75 Å². The average Bonchev–Trinajstić information content (AvgIpc) is 3.06. The third-order valence-electron chi connectivity index (χ3n) is 8.13. The number of nitrogens with zero attached hydrogens (tertiary/aromatic N) is 4. The van der Waals surface area contributed by atoms with E-state index in [1.807, 2.05) is 12.1 Å². The zero-order valence-corrected chi connectivity index (χ0v) is 28.6. The van der Waals surface area contributed by atoms with Crippen LogP contribution < -0.4 is 9.08 Å². The number of carbonyl (C=O) groups excluding carboxylic acids is 3. The Bertz CT molecular complexity index is 1890. The first-order valence-electron chi connectivity index (χ1n) is 15.7. The van der Waals surface area contributed by atoms with Gasteiger partial charge in [0.2, 0.25) is 5.91 Å². The van der Waals surface area contributed by atoms with E-state index in [1.54, 1.807) is 81.4 Å². The number of fused-ring (bicyclic) bond motifs is 1. The number of Topliss-reactive ketones (excluding diaryl/α,β-unsaturated/α-hetero) is 1. The number of pyridine rings is 1. The summed E-state index contributed by atoms with van der Waals surface area (Å²) in [5.41, 5.74) is 1.56. The number of anilines is 1. The lowest BCUT2D eigenvalue weighted by Crippen LogP contribution is -2.56. The summed E-state index contributed by atoms with van der Waals surface area (Å²) in [4.78, 5) is 48.1. The van der Waals surface area contributed by atoms with E-state index >= 15 is 0 Å². The molecule has 12 heteroatoms. The van der Waals surface area contributed by atoms with Crippen molar-refractivity contribution >= 4 is 44.4 Å². The second kappa shape index (κ2) is 14.0. The molecule has 1 aliphatic rings. The Labute approximate surface area is 281 Å². The predicted octanol–water partition coefficient (Wildman–Crippen LogP) is 5.33. The molecule has 2 heterocycles. The van der Waals surface area contributed by atoms with Gasteiger partial charge in [-0.15, -0.1) is 0 Å². The van der Waals surface area contributed by atoms with E-state index in [4.69, 9.17) is 8.92 Å². The summed E-state index contributed by atoms with van der Waals surface area (Å²) >= 11 is 0. The maximum atomic E-state index is 14.0. The standard InChI is InChI=1S/C36H40N4O7S/c1-25(41)27-11-13-29(14-12-27)39-19-21-40(22-20-39)34(42)32(38(5)35(43)46-36(2,3)4)23-26-9-15-30(16-10-26)47-48(44,45)33-8-6-7-28-24-37-18-17-31(28)33/h6-18,24,32H,19-23H2,1-5H3/t32-/m0/s1. The number of benzene rings is 3. The quantitative estimate of drug-likeness (QED) is 0.171. The van der Waals surface area contributed by atoms with Crippen molar-refractivity contribution in [3.05, 3.63) is 96.3 Å². The van der Waals surface area contributed by atoms with Gasteiger partial charge >= 0.3 is 16.2 Å². The molecule has 3 aromatic carbocycles. The fourth-order valence-corrected chi connectivity index (χ4v) is 6.70. The van der Waals surface area contributed by atoms with Gasteiger partial charge in [0.15, 0.2) is 5.78 Å². The first-order chi connectivity index (χ1) is 22.7. The zero-order valence-electron chi connectivity index (χ0n) is 27.8. The molecule has 0 aliphatic carbocycles. The minimum absolute atomic E-state index is 0.00295. The molecule has 0 radical (unpaired) electrons. The van der Waals surface area contributed by atoms with Crippen molar-refractivity contribution in [2.75, 3.05) is 38.1 Å². The highest BCUT2D eigenvalue weighted by atomic mass is 32.2. The van der Waals surface area contributed by atoms with E-state index < -0.39 is 27.9 Å². The number of ketones is 1. The Morgan fingerprint density at radius 3 is 2.21 bits per heavy atom. The number of piperazine rings is 1. The third-order valence-corrected chi connectivity index (χ3v) is 9.44. The normalized spacial score (nSPS) is 14.4. The van der Waals surface area contributed by atoms with Crippen molar-refractivity contribution < 1.29 is 31.7 Å². The van der Waals surface area contributed by atoms with Gasteiger partial charge in [0, 0.05) is 74.1 Å². The van der Waals surface area contributed by atoms with Gasteiger partial charge in [-0.2, -0.15) is 8.42 Å². The lowest BCUT2D eigenvalue weighted by molar-refractivity contribution is -0.136. The van der Waals surface area contributed by atoms with Gasteiger partial charge in [-0.25, -0.2) is 4.79 Å². The molecule has 1 saturated heterocycles. The average molecular weight is 673 g/mol. The van der Waals surface area contributed by atoms with Crippen LogP contribution in [0, 0.1) is 0 Å². The van der Waals surface area contributed by atoms with Crippen LogP contribution in [0.3, 0.4) is 0 Å². The molecule has 252 valence electrons. The van der Waals surface area contributed by atoms with Crippen molar-refractivity contribution in [2.24, 2.45) is 0 Å². The van der Waals surface area contributed by atoms with Gasteiger partial charge in [0.1, 0.15) is 22.3 Å². The van der Waals surface area contributed by atoms with Crippen molar-refractivity contribution in [3.63, 3.8) is 0 Å². The Morgan fingerprint density at radius 1 is 0.917 bits per heavy atom. The summed E-state index contributed by atoms with van der Waals surface area (Å²) in [6.07, 6.45) is 2.66. The van der Waals surface area contributed by atoms with Crippen LogP contribution in [0.4, 0.5) is 10.5 Å². The van der Waals surface area contributed by atoms with Crippen LogP contribution in [-0.4, -0.2) is 85.9 Å².